The predicted molar refractivity (Wildman–Crippen MR) is 114 cm³/mol. The van der Waals surface area contributed by atoms with Gasteiger partial charge in [-0.25, -0.2) is 23.7 Å². The number of hydrogen-bond acceptors (Lipinski definition) is 6. The average molecular weight is 456 g/mol. The van der Waals surface area contributed by atoms with Crippen molar-refractivity contribution in [3.8, 4) is 5.88 Å². The Morgan fingerprint density at radius 1 is 1.30 bits per heavy atom. The van der Waals surface area contributed by atoms with Gasteiger partial charge in [-0.2, -0.15) is 0 Å². The minimum atomic E-state index is -2.59. The van der Waals surface area contributed by atoms with Crippen LogP contribution in [0.5, 0.6) is 5.88 Å². The Bertz CT molecular complexity index is 1210. The quantitative estimate of drug-likeness (QED) is 0.586. The van der Waals surface area contributed by atoms with E-state index in [1.807, 2.05) is 6.92 Å². The van der Waals surface area contributed by atoms with Gasteiger partial charge in [0.25, 0.3) is 18.2 Å². The van der Waals surface area contributed by atoms with Crippen LogP contribution in [-0.4, -0.2) is 49.3 Å². The number of anilines is 1. The molecular formula is C22H22F2N6O3. The fraction of sp³-hybridized carbons (Fsp3) is 0.318. The van der Waals surface area contributed by atoms with Crippen molar-refractivity contribution in [3.05, 3.63) is 65.0 Å². The zero-order valence-electron chi connectivity index (χ0n) is 18.2. The highest BCUT2D eigenvalue weighted by Crippen LogP contribution is 2.34. The van der Waals surface area contributed by atoms with Crippen LogP contribution in [0.3, 0.4) is 0 Å². The molecule has 1 aliphatic rings. The molecule has 0 aliphatic carbocycles. The average Bonchev–Trinajstić information content (AvgIpc) is 3.36. The van der Waals surface area contributed by atoms with E-state index < -0.39 is 13.0 Å². The summed E-state index contributed by atoms with van der Waals surface area (Å²) < 4.78 is 31.4. The van der Waals surface area contributed by atoms with Gasteiger partial charge in [0.1, 0.15) is 11.5 Å². The number of imidazole rings is 1. The van der Waals surface area contributed by atoms with Crippen LogP contribution in [0.25, 0.3) is 0 Å². The molecule has 11 heteroatoms. The largest absolute Gasteiger partial charge is 0.471 e. The lowest BCUT2D eigenvalue weighted by Crippen LogP contribution is -2.27. The second kappa shape index (κ2) is 8.93. The molecule has 0 saturated heterocycles. The third-order valence-corrected chi connectivity index (χ3v) is 5.50. The number of aromatic nitrogens is 4. The van der Waals surface area contributed by atoms with E-state index in [4.69, 9.17) is 4.74 Å². The minimum Gasteiger partial charge on any atom is -0.471 e. The molecule has 2 amide bonds. The molecular weight excluding hydrogens is 434 g/mol. The summed E-state index contributed by atoms with van der Waals surface area (Å²) in [4.78, 5) is 39.7. The Morgan fingerprint density at radius 2 is 2.09 bits per heavy atom. The zero-order chi connectivity index (χ0) is 23.7. The third kappa shape index (κ3) is 4.38. The van der Waals surface area contributed by atoms with Gasteiger partial charge in [-0.1, -0.05) is 0 Å². The Labute approximate surface area is 188 Å². The van der Waals surface area contributed by atoms with E-state index in [0.717, 1.165) is 5.56 Å². The summed E-state index contributed by atoms with van der Waals surface area (Å²) in [6, 6.07) is 3.02. The van der Waals surface area contributed by atoms with Crippen molar-refractivity contribution in [2.24, 2.45) is 7.05 Å². The molecule has 4 heterocycles. The summed E-state index contributed by atoms with van der Waals surface area (Å²) in [6.45, 7) is 3.07. The number of aryl methyl sites for hydroxylation is 2. The van der Waals surface area contributed by atoms with E-state index >= 15 is 0 Å². The third-order valence-electron chi connectivity index (χ3n) is 5.50. The summed E-state index contributed by atoms with van der Waals surface area (Å²) in [7, 11) is 1.71. The first-order valence-electron chi connectivity index (χ1n) is 10.2. The first-order chi connectivity index (χ1) is 15.8. The van der Waals surface area contributed by atoms with E-state index in [2.05, 4.69) is 20.3 Å². The summed E-state index contributed by atoms with van der Waals surface area (Å²) in [6.07, 6.45) is 3.36. The van der Waals surface area contributed by atoms with Crippen molar-refractivity contribution in [2.45, 2.75) is 32.9 Å². The lowest BCUT2D eigenvalue weighted by Gasteiger charge is -2.25. The number of ether oxygens (including phenoxy) is 1. The molecule has 3 aromatic rings. The molecule has 9 nitrogen and oxygen atoms in total. The van der Waals surface area contributed by atoms with E-state index in [1.54, 1.807) is 35.6 Å². The Hall–Kier alpha value is -3.89. The van der Waals surface area contributed by atoms with E-state index in [1.165, 1.54) is 24.9 Å². The fourth-order valence-electron chi connectivity index (χ4n) is 3.70. The molecule has 0 radical (unpaired) electrons. The molecule has 172 valence electrons. The number of nitrogens with one attached hydrogen (secondary N) is 1. The maximum absolute atomic E-state index is 13.1. The van der Waals surface area contributed by atoms with Crippen LogP contribution >= 0.6 is 0 Å². The fourth-order valence-corrected chi connectivity index (χ4v) is 3.70. The Morgan fingerprint density at radius 3 is 2.76 bits per heavy atom. The summed E-state index contributed by atoms with van der Waals surface area (Å²) in [5.41, 5.74) is 2.76. The minimum absolute atomic E-state index is 0.131. The lowest BCUT2D eigenvalue weighted by atomic mass is 10.1. The van der Waals surface area contributed by atoms with E-state index in [9.17, 15) is 18.4 Å². The molecule has 33 heavy (non-hydrogen) atoms. The zero-order valence-corrected chi connectivity index (χ0v) is 18.2. The van der Waals surface area contributed by atoms with Crippen LogP contribution < -0.4 is 10.1 Å². The summed E-state index contributed by atoms with van der Waals surface area (Å²) in [5.74, 6) is -0.140. The molecule has 1 atom stereocenters. The number of amides is 2. The number of halogens is 2. The standard InChI is InChI=1S/C22H22F2N6O3/c1-12-6-14(7-27-21(12)33-10-18(23)24)13(2)30-9-16-15(22(30)32)4-5-26-19(16)28-20(31)17-8-25-11-29(17)3/h4-8,11,13,18H,9-10H2,1-3H3,(H,26,28,31). The number of carbonyl (C=O) groups is 2. The molecule has 1 N–H and O–H groups in total. The first kappa shape index (κ1) is 22.3. The number of nitrogens with zero attached hydrogens (tertiary/aromatic N) is 5. The van der Waals surface area contributed by atoms with Gasteiger partial charge in [-0.05, 0) is 31.5 Å². The van der Waals surface area contributed by atoms with Gasteiger partial charge in [0.05, 0.1) is 25.1 Å². The van der Waals surface area contributed by atoms with Crippen molar-refractivity contribution < 1.29 is 23.1 Å². The molecule has 3 aromatic heterocycles. The van der Waals surface area contributed by atoms with Gasteiger partial charge in [0, 0.05) is 36.1 Å². The first-order valence-corrected chi connectivity index (χ1v) is 10.2. The van der Waals surface area contributed by atoms with Gasteiger partial charge < -0.3 is 19.5 Å². The smallest absolute Gasteiger partial charge is 0.275 e. The molecule has 4 rings (SSSR count). The molecule has 1 aliphatic heterocycles. The van der Waals surface area contributed by atoms with Crippen molar-refractivity contribution in [3.63, 3.8) is 0 Å². The van der Waals surface area contributed by atoms with Crippen LogP contribution in [-0.2, 0) is 13.6 Å². The van der Waals surface area contributed by atoms with Gasteiger partial charge in [0.2, 0.25) is 5.88 Å². The lowest BCUT2D eigenvalue weighted by molar-refractivity contribution is 0.0713. The molecule has 0 aromatic carbocycles. The van der Waals surface area contributed by atoms with Gasteiger partial charge >= 0.3 is 0 Å². The van der Waals surface area contributed by atoms with Crippen LogP contribution in [0.1, 0.15) is 50.5 Å². The highest BCUT2D eigenvalue weighted by molar-refractivity contribution is 6.05. The number of rotatable bonds is 7. The highest BCUT2D eigenvalue weighted by Gasteiger charge is 2.34. The molecule has 0 spiro atoms. The number of hydrogen-bond donors (Lipinski definition) is 1. The SMILES string of the molecule is Cc1cc(C(C)N2Cc3c(ccnc3NC(=O)c3cncn3C)C2=O)cnc1OCC(F)F. The second-order valence-corrected chi connectivity index (χ2v) is 7.73. The maximum atomic E-state index is 13.1. The highest BCUT2D eigenvalue weighted by atomic mass is 19.3. The Kier molecular flexibility index (Phi) is 6.03. The number of carbonyl (C=O) groups excluding carboxylic acids is 2. The number of fused-ring (bicyclic) bond motifs is 1. The van der Waals surface area contributed by atoms with Crippen LogP contribution in [0.15, 0.2) is 37.1 Å². The van der Waals surface area contributed by atoms with Gasteiger partial charge in [-0.3, -0.25) is 9.59 Å². The monoisotopic (exact) mass is 456 g/mol. The normalized spacial score (nSPS) is 13.9. The van der Waals surface area contributed by atoms with Crippen molar-refractivity contribution in [2.75, 3.05) is 11.9 Å². The predicted octanol–water partition coefficient (Wildman–Crippen LogP) is 3.13. The maximum Gasteiger partial charge on any atom is 0.275 e. The van der Waals surface area contributed by atoms with Gasteiger partial charge in [0.15, 0.2) is 6.61 Å². The summed E-state index contributed by atoms with van der Waals surface area (Å²) in [5, 5.41) is 2.77. The van der Waals surface area contributed by atoms with Crippen LogP contribution in [0.4, 0.5) is 14.6 Å². The van der Waals surface area contributed by atoms with Crippen LogP contribution in [0, 0.1) is 6.92 Å². The molecule has 0 bridgehead atoms. The van der Waals surface area contributed by atoms with E-state index in [-0.39, 0.29) is 30.3 Å². The topological polar surface area (TPSA) is 102 Å². The Balaban J connectivity index is 1.54. The van der Waals surface area contributed by atoms with Crippen molar-refractivity contribution in [1.82, 2.24) is 24.4 Å². The van der Waals surface area contributed by atoms with Crippen LogP contribution in [0.2, 0.25) is 0 Å². The van der Waals surface area contributed by atoms with Crippen molar-refractivity contribution in [1.29, 1.82) is 0 Å². The molecule has 0 fully saturated rings. The molecule has 0 saturated carbocycles. The van der Waals surface area contributed by atoms with E-state index in [0.29, 0.717) is 28.2 Å². The number of alkyl halides is 2. The molecule has 1 unspecified atom stereocenters. The summed E-state index contributed by atoms with van der Waals surface area (Å²) >= 11 is 0. The van der Waals surface area contributed by atoms with Gasteiger partial charge in [-0.15, -0.1) is 0 Å². The second-order valence-electron chi connectivity index (χ2n) is 7.73. The van der Waals surface area contributed by atoms with Crippen molar-refractivity contribution >= 4 is 17.6 Å². The number of pyridine rings is 2.